The maximum atomic E-state index is 12.3. The van der Waals surface area contributed by atoms with Crippen LogP contribution in [0.1, 0.15) is 5.56 Å². The highest BCUT2D eigenvalue weighted by Gasteiger charge is 2.26. The zero-order valence-electron chi connectivity index (χ0n) is 6.44. The van der Waals surface area contributed by atoms with Gasteiger partial charge in [-0.05, 0) is 41.1 Å². The van der Waals surface area contributed by atoms with Crippen LogP contribution in [0, 0.1) is 0 Å². The molecule has 0 bridgehead atoms. The molecule has 0 radical (unpaired) electrons. The zero-order valence-corrected chi connectivity index (χ0v) is 8.76. The lowest BCUT2D eigenvalue weighted by atomic mass is 10.2. The van der Waals surface area contributed by atoms with Crippen LogP contribution in [0.2, 0.25) is 0 Å². The fraction of sp³-hybridized carbons (Fsp3) is 0.250. The van der Waals surface area contributed by atoms with Gasteiger partial charge in [0.05, 0.1) is 0 Å². The Morgan fingerprint density at radius 3 is 2.15 bits per heavy atom. The van der Waals surface area contributed by atoms with Gasteiger partial charge in [0.1, 0.15) is 0 Å². The summed E-state index contributed by atoms with van der Waals surface area (Å²) in [5.74, 6) is 0.377. The maximum Gasteiger partial charge on any atom is 0.375 e. The van der Waals surface area contributed by atoms with Gasteiger partial charge in [-0.2, -0.15) is 8.78 Å². The van der Waals surface area contributed by atoms with Crippen LogP contribution in [0.15, 0.2) is 29.2 Å². The SMILES string of the molecule is FC(F)(Cl)Sc1ccc(CCl)cc1. The van der Waals surface area contributed by atoms with Crippen LogP contribution in [-0.4, -0.2) is 4.71 Å². The first-order valence-electron chi connectivity index (χ1n) is 3.42. The number of thioether (sulfide) groups is 1. The molecule has 1 rings (SSSR count). The first kappa shape index (κ1) is 11.1. The van der Waals surface area contributed by atoms with Crippen molar-refractivity contribution in [3.63, 3.8) is 0 Å². The van der Waals surface area contributed by atoms with E-state index >= 15 is 0 Å². The summed E-state index contributed by atoms with van der Waals surface area (Å²) in [4.78, 5) is 0.425. The molecule has 72 valence electrons. The Kier molecular flexibility index (Phi) is 3.83. The average molecular weight is 243 g/mol. The summed E-state index contributed by atoms with van der Waals surface area (Å²) in [6.07, 6.45) is 0. The number of hydrogen-bond acceptors (Lipinski definition) is 1. The van der Waals surface area contributed by atoms with Crippen LogP contribution in [0.4, 0.5) is 8.78 Å². The van der Waals surface area contributed by atoms with E-state index in [1.165, 1.54) is 0 Å². The molecule has 0 N–H and O–H groups in total. The van der Waals surface area contributed by atoms with E-state index in [0.717, 1.165) is 5.56 Å². The predicted molar refractivity (Wildman–Crippen MR) is 52.7 cm³/mol. The molecule has 5 heteroatoms. The molecule has 0 aliphatic carbocycles. The highest BCUT2D eigenvalue weighted by molar-refractivity contribution is 8.01. The number of hydrogen-bond donors (Lipinski definition) is 0. The number of benzene rings is 1. The van der Waals surface area contributed by atoms with Crippen LogP contribution in [0.25, 0.3) is 0 Å². The lowest BCUT2D eigenvalue weighted by molar-refractivity contribution is 0.203. The van der Waals surface area contributed by atoms with Crippen molar-refractivity contribution < 1.29 is 8.78 Å². The molecule has 0 aliphatic heterocycles. The second kappa shape index (κ2) is 4.49. The summed E-state index contributed by atoms with van der Waals surface area (Å²) < 4.78 is 21.3. The van der Waals surface area contributed by atoms with Crippen LogP contribution in [-0.2, 0) is 5.88 Å². The van der Waals surface area contributed by atoms with Crippen LogP contribution >= 0.6 is 35.0 Å². The van der Waals surface area contributed by atoms with E-state index in [1.54, 1.807) is 24.3 Å². The largest absolute Gasteiger partial charge is 0.375 e. The summed E-state index contributed by atoms with van der Waals surface area (Å²) in [6.45, 7) is 0. The fourth-order valence-electron chi connectivity index (χ4n) is 0.780. The van der Waals surface area contributed by atoms with Gasteiger partial charge >= 0.3 is 4.71 Å². The van der Waals surface area contributed by atoms with Gasteiger partial charge in [-0.3, -0.25) is 0 Å². The lowest BCUT2D eigenvalue weighted by Crippen LogP contribution is -1.96. The van der Waals surface area contributed by atoms with Crippen molar-refractivity contribution in [2.75, 3.05) is 0 Å². The molecule has 0 fully saturated rings. The Hall–Kier alpha value is 0.01000. The predicted octanol–water partition coefficient (Wildman–Crippen LogP) is 4.31. The molecule has 0 aliphatic rings. The molecule has 0 amide bonds. The minimum absolute atomic E-state index is 0.309. The van der Waals surface area contributed by atoms with E-state index in [9.17, 15) is 8.78 Å². The van der Waals surface area contributed by atoms with Crippen LogP contribution in [0.5, 0.6) is 0 Å². The van der Waals surface area contributed by atoms with E-state index in [2.05, 4.69) is 0 Å². The van der Waals surface area contributed by atoms with Crippen molar-refractivity contribution in [3.8, 4) is 0 Å². The number of rotatable bonds is 3. The molecule has 0 unspecified atom stereocenters. The van der Waals surface area contributed by atoms with Gasteiger partial charge in [-0.25, -0.2) is 0 Å². The Balaban J connectivity index is 2.70. The minimum Gasteiger partial charge on any atom is -0.177 e. The Morgan fingerprint density at radius 2 is 1.77 bits per heavy atom. The van der Waals surface area contributed by atoms with Gasteiger partial charge in [0.15, 0.2) is 0 Å². The summed E-state index contributed by atoms with van der Waals surface area (Å²) in [5, 5.41) is 0. The normalized spacial score (nSPS) is 11.7. The summed E-state index contributed by atoms with van der Waals surface area (Å²) in [7, 11) is 0. The number of halogens is 4. The molecule has 0 aromatic heterocycles. The standard InChI is InChI=1S/C8H6Cl2F2S/c9-5-6-1-3-7(4-2-6)13-8(10,11)12/h1-4H,5H2. The minimum atomic E-state index is -3.25. The molecule has 1 aromatic carbocycles. The molecular formula is C8H6Cl2F2S. The quantitative estimate of drug-likeness (QED) is 0.563. The molecule has 0 spiro atoms. The third kappa shape index (κ3) is 4.16. The molecule has 0 saturated carbocycles. The van der Waals surface area contributed by atoms with Gasteiger partial charge in [0, 0.05) is 10.8 Å². The molecule has 0 atom stereocenters. The van der Waals surface area contributed by atoms with Crippen molar-refractivity contribution >= 4 is 35.0 Å². The van der Waals surface area contributed by atoms with Gasteiger partial charge in [0.25, 0.3) is 0 Å². The summed E-state index contributed by atoms with van der Waals surface area (Å²) in [6, 6.07) is 6.52. The van der Waals surface area contributed by atoms with Gasteiger partial charge in [-0.1, -0.05) is 12.1 Å². The smallest absolute Gasteiger partial charge is 0.177 e. The topological polar surface area (TPSA) is 0 Å². The highest BCUT2D eigenvalue weighted by atomic mass is 35.5. The zero-order chi connectivity index (χ0) is 9.90. The highest BCUT2D eigenvalue weighted by Crippen LogP contribution is 2.38. The molecule has 0 saturated heterocycles. The van der Waals surface area contributed by atoms with Crippen LogP contribution in [0.3, 0.4) is 0 Å². The molecule has 0 nitrogen and oxygen atoms in total. The van der Waals surface area contributed by atoms with E-state index in [-0.39, 0.29) is 0 Å². The van der Waals surface area contributed by atoms with Crippen molar-refractivity contribution in [1.82, 2.24) is 0 Å². The van der Waals surface area contributed by atoms with Crippen molar-refractivity contribution in [3.05, 3.63) is 29.8 Å². The van der Waals surface area contributed by atoms with Gasteiger partial charge < -0.3 is 0 Å². The molecular weight excluding hydrogens is 237 g/mol. The summed E-state index contributed by atoms with van der Waals surface area (Å²) >= 11 is 10.6. The monoisotopic (exact) mass is 242 g/mol. The number of alkyl halides is 4. The van der Waals surface area contributed by atoms with Crippen molar-refractivity contribution in [2.24, 2.45) is 0 Å². The second-order valence-electron chi connectivity index (χ2n) is 2.33. The van der Waals surface area contributed by atoms with Gasteiger partial charge in [-0.15, -0.1) is 11.6 Å². The third-order valence-corrected chi connectivity index (χ3v) is 2.59. The van der Waals surface area contributed by atoms with E-state index < -0.39 is 4.71 Å². The van der Waals surface area contributed by atoms with E-state index in [4.69, 9.17) is 23.2 Å². The van der Waals surface area contributed by atoms with Crippen LogP contribution < -0.4 is 0 Å². The average Bonchev–Trinajstić information content (AvgIpc) is 2.03. The van der Waals surface area contributed by atoms with Gasteiger partial charge in [0.2, 0.25) is 0 Å². The van der Waals surface area contributed by atoms with Crippen molar-refractivity contribution in [1.29, 1.82) is 0 Å². The maximum absolute atomic E-state index is 12.3. The molecule has 1 aromatic rings. The third-order valence-electron chi connectivity index (χ3n) is 1.31. The fourth-order valence-corrected chi connectivity index (χ4v) is 1.77. The van der Waals surface area contributed by atoms with E-state index in [0.29, 0.717) is 22.5 Å². The Bertz CT molecular complexity index is 268. The molecule has 0 heterocycles. The first-order valence-corrected chi connectivity index (χ1v) is 5.15. The Labute approximate surface area is 89.2 Å². The van der Waals surface area contributed by atoms with Crippen molar-refractivity contribution in [2.45, 2.75) is 15.5 Å². The molecule has 13 heavy (non-hydrogen) atoms. The Morgan fingerprint density at radius 1 is 1.23 bits per heavy atom. The van der Waals surface area contributed by atoms with E-state index in [1.807, 2.05) is 0 Å². The second-order valence-corrected chi connectivity index (χ2v) is 4.48. The lowest BCUT2D eigenvalue weighted by Gasteiger charge is -2.06. The first-order chi connectivity index (χ1) is 6.01. The summed E-state index contributed by atoms with van der Waals surface area (Å²) in [5.41, 5.74) is 0.893.